The summed E-state index contributed by atoms with van der Waals surface area (Å²) in [5.41, 5.74) is 9.46. The van der Waals surface area contributed by atoms with E-state index in [-0.39, 0.29) is 0 Å². The highest BCUT2D eigenvalue weighted by molar-refractivity contribution is 6.00. The molecule has 4 nitrogen and oxygen atoms in total. The van der Waals surface area contributed by atoms with E-state index >= 15 is 0 Å². The number of benzene rings is 1. The van der Waals surface area contributed by atoms with Crippen LogP contribution < -0.4 is 0 Å². The third-order valence-corrected chi connectivity index (χ3v) is 8.02. The molecule has 1 aliphatic rings. The van der Waals surface area contributed by atoms with Crippen LogP contribution in [0.1, 0.15) is 110 Å². The first kappa shape index (κ1) is 29.7. The molecule has 0 atom stereocenters. The van der Waals surface area contributed by atoms with Crippen molar-refractivity contribution in [3.63, 3.8) is 0 Å². The molecule has 0 aliphatic carbocycles. The van der Waals surface area contributed by atoms with Gasteiger partial charge in [-0.1, -0.05) is 45.9 Å². The zero-order valence-electron chi connectivity index (χ0n) is 25.0. The molecule has 0 radical (unpaired) electrons. The maximum Gasteiger partial charge on any atom is 0.116 e. The van der Waals surface area contributed by atoms with Crippen LogP contribution in [0.2, 0.25) is 0 Å². The van der Waals surface area contributed by atoms with E-state index in [9.17, 15) is 0 Å². The van der Waals surface area contributed by atoms with Crippen molar-refractivity contribution in [1.82, 2.24) is 9.88 Å². The van der Waals surface area contributed by atoms with Gasteiger partial charge in [0.25, 0.3) is 0 Å². The summed E-state index contributed by atoms with van der Waals surface area (Å²) in [4.78, 5) is 6.28. The molecule has 2 heterocycles. The Morgan fingerprint density at radius 2 is 1.84 bits per heavy atom. The number of likely N-dealkylation sites (tertiary alicyclic amines) is 1. The summed E-state index contributed by atoms with van der Waals surface area (Å²) < 4.78 is 5.95. The van der Waals surface area contributed by atoms with Crippen molar-refractivity contribution in [2.45, 2.75) is 92.9 Å². The lowest BCUT2D eigenvalue weighted by Crippen LogP contribution is -2.34. The summed E-state index contributed by atoms with van der Waals surface area (Å²) in [6, 6.07) is 7.06. The first-order chi connectivity index (χ1) is 18.2. The Balaban J connectivity index is 1.84. The third kappa shape index (κ3) is 6.96. The van der Waals surface area contributed by atoms with Gasteiger partial charge in [0.2, 0.25) is 0 Å². The zero-order chi connectivity index (χ0) is 27.8. The number of fused-ring (bicyclic) bond motifs is 1. The molecule has 1 saturated heterocycles. The van der Waals surface area contributed by atoms with Crippen molar-refractivity contribution in [2.24, 2.45) is 0 Å². The highest BCUT2D eigenvalue weighted by Crippen LogP contribution is 2.37. The smallest absolute Gasteiger partial charge is 0.116 e. The van der Waals surface area contributed by atoms with E-state index in [0.29, 0.717) is 17.5 Å². The van der Waals surface area contributed by atoms with E-state index < -0.39 is 0 Å². The van der Waals surface area contributed by atoms with Crippen LogP contribution in [0.3, 0.4) is 0 Å². The number of ether oxygens (including phenoxy) is 1. The second-order valence-electron chi connectivity index (χ2n) is 11.0. The minimum atomic E-state index is 0.398. The van der Waals surface area contributed by atoms with Gasteiger partial charge in [-0.3, -0.25) is 4.90 Å². The van der Waals surface area contributed by atoms with Gasteiger partial charge in [0.05, 0.1) is 12.8 Å². The van der Waals surface area contributed by atoms with Crippen LogP contribution in [0, 0.1) is 5.41 Å². The zero-order valence-corrected chi connectivity index (χ0v) is 25.0. The first-order valence-corrected chi connectivity index (χ1v) is 14.5. The Morgan fingerprint density at radius 1 is 1.13 bits per heavy atom. The number of H-pyrrole nitrogens is 1. The topological polar surface area (TPSA) is 52.1 Å². The predicted octanol–water partition coefficient (Wildman–Crippen LogP) is 9.48. The van der Waals surface area contributed by atoms with Crippen LogP contribution in [0.15, 0.2) is 59.6 Å². The molecule has 0 amide bonds. The molecule has 0 bridgehead atoms. The monoisotopic (exact) mass is 515 g/mol. The normalized spacial score (nSPS) is 17.1. The van der Waals surface area contributed by atoms with Gasteiger partial charge in [-0.2, -0.15) is 0 Å². The Labute approximate surface area is 231 Å². The first-order valence-electron chi connectivity index (χ1n) is 14.5. The van der Waals surface area contributed by atoms with Crippen molar-refractivity contribution < 1.29 is 4.74 Å². The second-order valence-corrected chi connectivity index (χ2v) is 11.0. The minimum absolute atomic E-state index is 0.398. The summed E-state index contributed by atoms with van der Waals surface area (Å²) >= 11 is 0. The van der Waals surface area contributed by atoms with Gasteiger partial charge < -0.3 is 15.1 Å². The van der Waals surface area contributed by atoms with Gasteiger partial charge in [0, 0.05) is 22.3 Å². The molecule has 1 aromatic carbocycles. The molecular formula is C34H49N3O. The molecule has 2 aromatic rings. The largest absolute Gasteiger partial charge is 0.468 e. The lowest BCUT2D eigenvalue weighted by molar-refractivity contribution is 0.192. The Hall–Kier alpha value is -2.85. The number of rotatable bonds is 11. The molecule has 0 spiro atoms. The summed E-state index contributed by atoms with van der Waals surface area (Å²) in [7, 11) is 0. The minimum Gasteiger partial charge on any atom is -0.468 e. The number of aromatic nitrogens is 1. The molecule has 1 fully saturated rings. The second kappa shape index (κ2) is 13.8. The van der Waals surface area contributed by atoms with E-state index in [1.54, 1.807) is 6.26 Å². The summed E-state index contributed by atoms with van der Waals surface area (Å²) in [6.07, 6.45) is 12.2. The predicted molar refractivity (Wildman–Crippen MR) is 165 cm³/mol. The Morgan fingerprint density at radius 3 is 2.42 bits per heavy atom. The van der Waals surface area contributed by atoms with Crippen molar-refractivity contribution in [3.05, 3.63) is 76.4 Å². The SMILES string of the molecule is C/C=C\OC(CN1CCC(c2ccc3[nH]c(C(/C=C(/C)C(=N)CC)=C/C)c(C(C)C)c3c2)CC1)=C(C)CC. The maximum atomic E-state index is 8.25. The van der Waals surface area contributed by atoms with Crippen molar-refractivity contribution in [1.29, 1.82) is 5.41 Å². The lowest BCUT2D eigenvalue weighted by Gasteiger charge is -2.32. The Kier molecular flexibility index (Phi) is 10.8. The van der Waals surface area contributed by atoms with Crippen LogP contribution in [-0.4, -0.2) is 35.2 Å². The van der Waals surface area contributed by atoms with Crippen LogP contribution in [0.25, 0.3) is 16.5 Å². The number of nitrogens with one attached hydrogen (secondary N) is 2. The van der Waals surface area contributed by atoms with E-state index in [2.05, 4.69) is 74.9 Å². The summed E-state index contributed by atoms with van der Waals surface area (Å²) in [5, 5.41) is 9.59. The van der Waals surface area contributed by atoms with Gasteiger partial charge in [-0.15, -0.1) is 0 Å². The summed E-state index contributed by atoms with van der Waals surface area (Å²) in [5.74, 6) is 2.08. The van der Waals surface area contributed by atoms with Crippen LogP contribution in [0.4, 0.5) is 0 Å². The molecule has 1 aromatic heterocycles. The van der Waals surface area contributed by atoms with Gasteiger partial charge in [-0.25, -0.2) is 0 Å². The standard InChI is InChI=1S/C34H49N3O/c1-9-19-38-32(24(7)10-2)22-37-17-15-27(16-18-37)28-13-14-31-29(21-28)33(23(5)6)34(36-31)26(11-3)20-25(8)30(35)12-4/h9,11,13-14,19-21,23,27,35-36H,10,12,15-18,22H2,1-8H3/b19-9-,25-20-,26-11+,32-24?,35-30?. The fourth-order valence-electron chi connectivity index (χ4n) is 5.46. The molecule has 3 rings (SSSR count). The summed E-state index contributed by atoms with van der Waals surface area (Å²) in [6.45, 7) is 20.2. The van der Waals surface area contributed by atoms with Crippen molar-refractivity contribution in [3.8, 4) is 0 Å². The van der Waals surface area contributed by atoms with E-state index in [1.807, 2.05) is 26.8 Å². The van der Waals surface area contributed by atoms with E-state index in [1.165, 1.54) is 51.7 Å². The molecule has 0 unspecified atom stereocenters. The van der Waals surface area contributed by atoms with Crippen molar-refractivity contribution >= 4 is 22.2 Å². The van der Waals surface area contributed by atoms with Gasteiger partial charge in [-0.05, 0) is 124 Å². The molecule has 0 saturated carbocycles. The number of hydrogen-bond acceptors (Lipinski definition) is 3. The Bertz CT molecular complexity index is 1230. The van der Waals surface area contributed by atoms with Gasteiger partial charge >= 0.3 is 0 Å². The molecule has 2 N–H and O–H groups in total. The molecule has 4 heteroatoms. The number of hydrogen-bond donors (Lipinski definition) is 2. The molecule has 38 heavy (non-hydrogen) atoms. The maximum absolute atomic E-state index is 8.25. The molecule has 206 valence electrons. The lowest BCUT2D eigenvalue weighted by atomic mass is 9.87. The highest BCUT2D eigenvalue weighted by atomic mass is 16.5. The number of aromatic amines is 1. The number of piperidine rings is 1. The molecular weight excluding hydrogens is 466 g/mol. The van der Waals surface area contributed by atoms with Crippen LogP contribution in [0.5, 0.6) is 0 Å². The fraction of sp³-hybridized carbons (Fsp3) is 0.500. The average Bonchev–Trinajstić information content (AvgIpc) is 3.32. The van der Waals surface area contributed by atoms with Gasteiger partial charge in [0.15, 0.2) is 0 Å². The van der Waals surface area contributed by atoms with Gasteiger partial charge in [0.1, 0.15) is 5.76 Å². The van der Waals surface area contributed by atoms with Crippen LogP contribution >= 0.6 is 0 Å². The van der Waals surface area contributed by atoms with E-state index in [0.717, 1.165) is 43.8 Å². The van der Waals surface area contributed by atoms with Crippen molar-refractivity contribution in [2.75, 3.05) is 19.6 Å². The molecule has 1 aliphatic heterocycles. The quantitative estimate of drug-likeness (QED) is 0.178. The highest BCUT2D eigenvalue weighted by Gasteiger charge is 2.24. The fourth-order valence-corrected chi connectivity index (χ4v) is 5.46. The average molecular weight is 516 g/mol. The van der Waals surface area contributed by atoms with Crippen LogP contribution in [-0.2, 0) is 4.74 Å². The number of nitrogens with zero attached hydrogens (tertiary/aromatic N) is 1. The number of allylic oxidation sites excluding steroid dienone is 6. The van der Waals surface area contributed by atoms with E-state index in [4.69, 9.17) is 10.1 Å². The third-order valence-electron chi connectivity index (χ3n) is 8.02.